The molecule has 0 aliphatic carbocycles. The molecule has 2 aliphatic heterocycles. The van der Waals surface area contributed by atoms with E-state index in [1.807, 2.05) is 12.1 Å². The van der Waals surface area contributed by atoms with Crippen molar-refractivity contribution in [1.29, 1.82) is 10.5 Å². The Balaban J connectivity index is 0.800. The number of benzene rings is 6. The number of methoxy groups -OCH3 is 2. The maximum absolute atomic E-state index is 16.3. The van der Waals surface area contributed by atoms with Crippen LogP contribution >= 0.6 is 0 Å². The molecule has 91 heavy (non-hydrogen) atoms. The molecule has 0 N–H and O–H groups in total. The van der Waals surface area contributed by atoms with E-state index in [0.717, 1.165) is 36.4 Å². The van der Waals surface area contributed by atoms with Gasteiger partial charge in [-0.05, 0) is 131 Å². The first-order chi connectivity index (χ1) is 44.2. The lowest BCUT2D eigenvalue weighted by Gasteiger charge is -2.22. The van der Waals surface area contributed by atoms with Gasteiger partial charge in [-0.3, -0.25) is 0 Å². The molecule has 23 heteroatoms. The van der Waals surface area contributed by atoms with E-state index in [-0.39, 0.29) is 121 Å². The Hall–Kier alpha value is -10.3. The van der Waals surface area contributed by atoms with Crippen LogP contribution in [-0.4, -0.2) is 94.9 Å². The zero-order valence-electron chi connectivity index (χ0n) is 48.6. The van der Waals surface area contributed by atoms with Gasteiger partial charge in [0.25, 0.3) is 11.8 Å². The summed E-state index contributed by atoms with van der Waals surface area (Å²) in [7, 11) is 3.07. The summed E-state index contributed by atoms with van der Waals surface area (Å²) >= 11 is 0. The van der Waals surface area contributed by atoms with Crippen LogP contribution in [0.25, 0.3) is 44.6 Å². The number of ether oxygens (including phenoxy) is 7. The van der Waals surface area contributed by atoms with E-state index in [0.29, 0.717) is 57.5 Å². The molecule has 0 saturated carbocycles. The third-order valence-electron chi connectivity index (χ3n) is 16.0. The number of hydrogen-bond donors (Lipinski definition) is 0. The Morgan fingerprint density at radius 3 is 1.32 bits per heavy atom. The van der Waals surface area contributed by atoms with Crippen LogP contribution in [0.4, 0.5) is 26.3 Å². The van der Waals surface area contributed by atoms with Gasteiger partial charge in [0.2, 0.25) is 0 Å². The molecule has 0 unspecified atom stereocenters. The number of imidazole rings is 2. The fourth-order valence-electron chi connectivity index (χ4n) is 11.4. The highest BCUT2D eigenvalue weighted by atomic mass is 19.1. The third-order valence-corrected chi connectivity index (χ3v) is 16.0. The molecule has 4 aromatic heterocycles. The fourth-order valence-corrected chi connectivity index (χ4v) is 11.4. The van der Waals surface area contributed by atoms with E-state index in [1.165, 1.54) is 50.6 Å². The van der Waals surface area contributed by atoms with Crippen LogP contribution < -0.4 is 9.47 Å². The Bertz CT molecular complexity index is 4250. The highest BCUT2D eigenvalue weighted by Crippen LogP contribution is 2.37. The van der Waals surface area contributed by atoms with E-state index >= 15 is 17.6 Å². The molecule has 6 heterocycles. The highest BCUT2D eigenvalue weighted by molar-refractivity contribution is 6.05. The lowest BCUT2D eigenvalue weighted by Crippen LogP contribution is -2.23. The summed E-state index contributed by atoms with van der Waals surface area (Å²) in [5.41, 5.74) is 2.66. The van der Waals surface area contributed by atoms with Crippen molar-refractivity contribution in [2.75, 3.05) is 53.9 Å². The number of halogens is 6. The van der Waals surface area contributed by atoms with Crippen molar-refractivity contribution in [3.63, 3.8) is 0 Å². The van der Waals surface area contributed by atoms with Gasteiger partial charge in [0.15, 0.2) is 11.6 Å². The zero-order valence-corrected chi connectivity index (χ0v) is 48.6. The number of fused-ring (bicyclic) bond motifs is 2. The number of aromatic nitrogens is 6. The molecule has 2 fully saturated rings. The Kier molecular flexibility index (Phi) is 17.7. The maximum Gasteiger partial charge on any atom is 0.346 e. The minimum atomic E-state index is -1.03. The molecule has 0 radical (unpaired) electrons. The molecule has 0 amide bonds. The number of rotatable bonds is 20. The van der Waals surface area contributed by atoms with Crippen LogP contribution in [0.1, 0.15) is 77.8 Å². The summed E-state index contributed by atoms with van der Waals surface area (Å²) in [6, 6.07) is 33.3. The maximum atomic E-state index is 16.3. The molecule has 4 atom stereocenters. The number of carbonyl (C=O) groups excluding carboxylic acids is 2. The van der Waals surface area contributed by atoms with Gasteiger partial charge in [0.1, 0.15) is 48.1 Å². The van der Waals surface area contributed by atoms with Gasteiger partial charge in [0.05, 0.1) is 120 Å². The quantitative estimate of drug-likeness (QED) is 0.0395. The van der Waals surface area contributed by atoms with Crippen molar-refractivity contribution in [3.8, 4) is 46.4 Å². The van der Waals surface area contributed by atoms with E-state index < -0.39 is 70.7 Å². The Morgan fingerprint density at radius 1 is 0.505 bits per heavy atom. The van der Waals surface area contributed by atoms with Gasteiger partial charge in [-0.15, -0.1) is 0 Å². The normalized spacial score (nSPS) is 16.3. The first-order valence-electron chi connectivity index (χ1n) is 28.6. The standard InChI is InChI=1S/C68H52F6N8O9/c1-85-31-45-33-87-35-61(45)81-59-21-41(11-15-57(59)77-63(81)23-43-19-53(73)47(25-51(43)71)55-17-13-49(69)65(79-55)89-29-39-7-3-37(27-75)4-8-39)67(83)91-68(84)42-12-16-58-60(22-42)82(62-36-88-34-46(62)32-86-2)64(78-58)24-44-20-54(74)48(26-52(44)72)56-18-14-50(70)66(80-56)90-30-40-9-5-38(28-76)6-10-40/h3-22,25-26,45-46,61-62H,23-24,29-36H2,1-2H3/t45-,46-,61+,62+/m0/s1. The van der Waals surface area contributed by atoms with Crippen molar-refractivity contribution in [2.45, 2.75) is 38.1 Å². The summed E-state index contributed by atoms with van der Waals surface area (Å²) in [4.78, 5) is 46.2. The van der Waals surface area contributed by atoms with Crippen LogP contribution in [0, 0.1) is 69.4 Å². The van der Waals surface area contributed by atoms with Crippen LogP contribution in [0.2, 0.25) is 0 Å². The molecule has 6 aromatic carbocycles. The zero-order chi connectivity index (χ0) is 63.4. The van der Waals surface area contributed by atoms with Crippen molar-refractivity contribution < 1.29 is 69.1 Å². The number of nitriles is 2. The summed E-state index contributed by atoms with van der Waals surface area (Å²) in [6.07, 6.45) is -0.479. The molecule has 460 valence electrons. The molecular formula is C68H52F6N8O9. The van der Waals surface area contributed by atoms with E-state index in [2.05, 4.69) is 9.97 Å². The minimum absolute atomic E-state index is 0.0488. The number of esters is 2. The predicted octanol–water partition coefficient (Wildman–Crippen LogP) is 12.1. The number of nitrogens with zero attached hydrogens (tertiary/aromatic N) is 8. The van der Waals surface area contributed by atoms with Crippen molar-refractivity contribution >= 4 is 34.0 Å². The van der Waals surface area contributed by atoms with Crippen LogP contribution in [0.3, 0.4) is 0 Å². The fraction of sp³-hybridized carbons (Fsp3) is 0.235. The van der Waals surface area contributed by atoms with Gasteiger partial charge in [0, 0.05) is 50.0 Å². The van der Waals surface area contributed by atoms with Crippen LogP contribution in [0.15, 0.2) is 133 Å². The second kappa shape index (κ2) is 26.4. The molecule has 10 aromatic rings. The van der Waals surface area contributed by atoms with Gasteiger partial charge < -0.3 is 42.3 Å². The average molecular weight is 1240 g/mol. The first kappa shape index (κ1) is 61.0. The van der Waals surface area contributed by atoms with Gasteiger partial charge in [-0.25, -0.2) is 55.9 Å². The van der Waals surface area contributed by atoms with E-state index in [4.69, 9.17) is 53.6 Å². The molecule has 12 rings (SSSR count). The number of carbonyl (C=O) groups is 2. The largest absolute Gasteiger partial charge is 0.471 e. The minimum Gasteiger partial charge on any atom is -0.471 e. The summed E-state index contributed by atoms with van der Waals surface area (Å²) in [5.74, 6) is -7.86. The SMILES string of the molecule is COC[C@H]1COC[C@H]1n1c(Cc2cc(F)c(-c3ccc(F)c(OCc4ccc(C#N)cc4)n3)cc2F)nc2ccc(C(=O)OC(=O)c3ccc4nc(Cc5cc(F)c(-c6ccc(F)c(OCc7ccc(C#N)cc7)n6)cc5F)n([C@@H]5COC[C@@H]5COC)c4c3)cc21. The third kappa shape index (κ3) is 12.8. The topological polar surface area (TPSA) is 208 Å². The Morgan fingerprint density at radius 2 is 0.923 bits per heavy atom. The molecular weight excluding hydrogens is 1190 g/mol. The monoisotopic (exact) mass is 1240 g/mol. The van der Waals surface area contributed by atoms with Crippen molar-refractivity contribution in [3.05, 3.63) is 225 Å². The van der Waals surface area contributed by atoms with Gasteiger partial charge in [-0.2, -0.15) is 10.5 Å². The number of hydrogen-bond acceptors (Lipinski definition) is 15. The molecule has 0 bridgehead atoms. The lowest BCUT2D eigenvalue weighted by molar-refractivity contribution is 0.0397. The van der Waals surface area contributed by atoms with E-state index in [9.17, 15) is 18.4 Å². The van der Waals surface area contributed by atoms with Crippen LogP contribution in [-0.2, 0) is 49.7 Å². The smallest absolute Gasteiger partial charge is 0.346 e. The Labute approximate surface area is 515 Å². The van der Waals surface area contributed by atoms with Crippen molar-refractivity contribution in [1.82, 2.24) is 29.1 Å². The first-order valence-corrected chi connectivity index (χ1v) is 28.6. The average Bonchev–Trinajstić information content (AvgIpc) is 1.71. The van der Waals surface area contributed by atoms with Gasteiger partial charge in [-0.1, -0.05) is 24.3 Å². The summed E-state index contributed by atoms with van der Waals surface area (Å²) in [6.45, 7) is 1.23. The predicted molar refractivity (Wildman–Crippen MR) is 315 cm³/mol. The molecule has 2 saturated heterocycles. The highest BCUT2D eigenvalue weighted by Gasteiger charge is 2.36. The molecule has 2 aliphatic rings. The van der Waals surface area contributed by atoms with Gasteiger partial charge >= 0.3 is 11.9 Å². The summed E-state index contributed by atoms with van der Waals surface area (Å²) in [5, 5.41) is 18.2. The lowest BCUT2D eigenvalue weighted by atomic mass is 10.0. The van der Waals surface area contributed by atoms with E-state index in [1.54, 1.807) is 69.8 Å². The number of pyridine rings is 2. The second-order valence-corrected chi connectivity index (χ2v) is 21.9. The van der Waals surface area contributed by atoms with Crippen molar-refractivity contribution in [2.24, 2.45) is 11.8 Å². The molecule has 0 spiro atoms. The second-order valence-electron chi connectivity index (χ2n) is 21.9. The van der Waals surface area contributed by atoms with Crippen LogP contribution in [0.5, 0.6) is 11.8 Å². The summed E-state index contributed by atoms with van der Waals surface area (Å²) < 4.78 is 138. The molecule has 17 nitrogen and oxygen atoms in total.